The number of hydrogen-bond donors (Lipinski definition) is 3. The van der Waals surface area contributed by atoms with Gasteiger partial charge in [-0.15, -0.1) is 24.0 Å². The Labute approximate surface area is 198 Å². The van der Waals surface area contributed by atoms with Gasteiger partial charge in [0, 0.05) is 38.0 Å². The average molecular weight is 546 g/mol. The molecule has 0 heterocycles. The zero-order valence-corrected chi connectivity index (χ0v) is 20.5. The first kappa shape index (κ1) is 26.0. The first-order valence-corrected chi connectivity index (χ1v) is 10.6. The van der Waals surface area contributed by atoms with E-state index in [2.05, 4.69) is 20.9 Å². The van der Waals surface area contributed by atoms with Gasteiger partial charge in [-0.1, -0.05) is 12.1 Å². The number of guanidine groups is 1. The van der Waals surface area contributed by atoms with Gasteiger partial charge in [-0.05, 0) is 41.6 Å². The second-order valence-electron chi connectivity index (χ2n) is 6.26. The van der Waals surface area contributed by atoms with Gasteiger partial charge in [0.1, 0.15) is 18.2 Å². The van der Waals surface area contributed by atoms with Gasteiger partial charge in [-0.25, -0.2) is 4.39 Å². The van der Waals surface area contributed by atoms with Crippen molar-refractivity contribution in [2.75, 3.05) is 31.8 Å². The Morgan fingerprint density at radius 1 is 1.17 bits per heavy atom. The Kier molecular flexibility index (Phi) is 12.2. The first-order chi connectivity index (χ1) is 14.0. The summed E-state index contributed by atoms with van der Waals surface area (Å²) in [6.07, 6.45) is 1.99. The first-order valence-electron chi connectivity index (χ1n) is 9.23. The number of nitrogens with zero attached hydrogens (tertiary/aromatic N) is 1. The molecule has 2 aromatic carbocycles. The Morgan fingerprint density at radius 2 is 1.97 bits per heavy atom. The number of nitrogens with one attached hydrogen (secondary N) is 3. The van der Waals surface area contributed by atoms with Crippen LogP contribution in [0.1, 0.15) is 18.1 Å². The van der Waals surface area contributed by atoms with Gasteiger partial charge in [-0.3, -0.25) is 9.79 Å². The number of thioether (sulfide) groups is 1. The molecule has 0 bridgehead atoms. The van der Waals surface area contributed by atoms with Crippen LogP contribution in [0.15, 0.2) is 47.5 Å². The van der Waals surface area contributed by atoms with Crippen LogP contribution in [0, 0.1) is 5.82 Å². The summed E-state index contributed by atoms with van der Waals surface area (Å²) in [6.45, 7) is 2.99. The van der Waals surface area contributed by atoms with Gasteiger partial charge in [0.05, 0.1) is 6.54 Å². The highest BCUT2D eigenvalue weighted by Crippen LogP contribution is 2.17. The minimum atomic E-state index is -0.222. The molecule has 0 saturated heterocycles. The van der Waals surface area contributed by atoms with E-state index in [1.807, 2.05) is 18.4 Å². The fourth-order valence-corrected chi connectivity index (χ4v) is 3.24. The van der Waals surface area contributed by atoms with Crippen molar-refractivity contribution in [3.8, 4) is 5.75 Å². The van der Waals surface area contributed by atoms with Crippen molar-refractivity contribution >= 4 is 53.3 Å². The third-order valence-electron chi connectivity index (χ3n) is 3.96. The average Bonchev–Trinajstić information content (AvgIpc) is 2.69. The lowest BCUT2D eigenvalue weighted by molar-refractivity contribution is -0.114. The highest BCUT2D eigenvalue weighted by Gasteiger charge is 2.06. The molecule has 0 radical (unpaired) electrons. The summed E-state index contributed by atoms with van der Waals surface area (Å²) in [5, 5.41) is 9.15. The molecule has 0 unspecified atom stereocenters. The smallest absolute Gasteiger partial charge is 0.221 e. The summed E-state index contributed by atoms with van der Waals surface area (Å²) < 4.78 is 19.2. The number of rotatable bonds is 9. The fourth-order valence-electron chi connectivity index (χ4n) is 2.66. The number of aliphatic imine (C=N–C) groups is 1. The summed E-state index contributed by atoms with van der Waals surface area (Å²) in [5.41, 5.74) is 2.71. The molecule has 1 amide bonds. The second kappa shape index (κ2) is 14.1. The van der Waals surface area contributed by atoms with Crippen molar-refractivity contribution < 1.29 is 13.9 Å². The van der Waals surface area contributed by atoms with Crippen LogP contribution in [-0.4, -0.2) is 38.3 Å². The van der Waals surface area contributed by atoms with Crippen LogP contribution in [-0.2, 0) is 17.1 Å². The van der Waals surface area contributed by atoms with E-state index in [1.54, 1.807) is 43.1 Å². The Bertz CT molecular complexity index is 852. The Balaban J connectivity index is 0.00000450. The van der Waals surface area contributed by atoms with Crippen molar-refractivity contribution in [2.45, 2.75) is 19.2 Å². The summed E-state index contributed by atoms with van der Waals surface area (Å²) in [7, 11) is 1.69. The van der Waals surface area contributed by atoms with Gasteiger partial charge in [0.2, 0.25) is 5.91 Å². The van der Waals surface area contributed by atoms with Gasteiger partial charge >= 0.3 is 0 Å². The molecule has 6 nitrogen and oxygen atoms in total. The molecule has 0 fully saturated rings. The Morgan fingerprint density at radius 3 is 2.67 bits per heavy atom. The molecule has 0 aromatic heterocycles. The molecule has 3 N–H and O–H groups in total. The molecule has 0 atom stereocenters. The number of carbonyl (C=O) groups is 1. The van der Waals surface area contributed by atoms with Crippen LogP contribution >= 0.6 is 35.7 Å². The minimum Gasteiger partial charge on any atom is -0.492 e. The standard InChI is InChI=1S/C21H27FN4O2S.HI/c1-15(27)26-19-5-4-6-20(12-19)28-10-9-24-21(23-2)25-13-16-7-8-18(22)11-17(16)14-29-3;/h4-8,11-12H,9-10,13-14H2,1-3H3,(H,26,27)(H2,23,24,25);1H. The Hall–Kier alpha value is -2.01. The quantitative estimate of drug-likeness (QED) is 0.192. The van der Waals surface area contributed by atoms with E-state index in [0.29, 0.717) is 37.1 Å². The van der Waals surface area contributed by atoms with E-state index in [1.165, 1.54) is 13.0 Å². The molecule has 30 heavy (non-hydrogen) atoms. The predicted molar refractivity (Wildman–Crippen MR) is 133 cm³/mol. The van der Waals surface area contributed by atoms with Crippen molar-refractivity contribution in [1.82, 2.24) is 10.6 Å². The molecule has 2 rings (SSSR count). The minimum absolute atomic E-state index is 0. The topological polar surface area (TPSA) is 74.8 Å². The van der Waals surface area contributed by atoms with Crippen molar-refractivity contribution in [1.29, 1.82) is 0 Å². The lowest BCUT2D eigenvalue weighted by Crippen LogP contribution is -2.39. The summed E-state index contributed by atoms with van der Waals surface area (Å²) in [4.78, 5) is 15.3. The van der Waals surface area contributed by atoms with E-state index in [0.717, 1.165) is 16.9 Å². The lowest BCUT2D eigenvalue weighted by Gasteiger charge is -2.15. The number of anilines is 1. The van der Waals surface area contributed by atoms with Crippen LogP contribution in [0.4, 0.5) is 10.1 Å². The number of carbonyl (C=O) groups excluding carboxylic acids is 1. The normalized spacial score (nSPS) is 10.7. The molecule has 0 aliphatic carbocycles. The zero-order chi connectivity index (χ0) is 21.1. The summed E-state index contributed by atoms with van der Waals surface area (Å²) in [5.74, 6) is 1.72. The highest BCUT2D eigenvalue weighted by atomic mass is 127. The number of ether oxygens (including phenoxy) is 1. The number of amides is 1. The summed E-state index contributed by atoms with van der Waals surface area (Å²) >= 11 is 1.66. The maximum Gasteiger partial charge on any atom is 0.221 e. The van der Waals surface area contributed by atoms with E-state index in [4.69, 9.17) is 4.74 Å². The van der Waals surface area contributed by atoms with Crippen molar-refractivity contribution in [2.24, 2.45) is 4.99 Å². The number of hydrogen-bond acceptors (Lipinski definition) is 4. The summed E-state index contributed by atoms with van der Waals surface area (Å²) in [6, 6.07) is 12.1. The monoisotopic (exact) mass is 546 g/mol. The predicted octanol–water partition coefficient (Wildman–Crippen LogP) is 4.01. The molecular formula is C21H28FIN4O2S. The van der Waals surface area contributed by atoms with Gasteiger partial charge in [0.25, 0.3) is 0 Å². The maximum atomic E-state index is 13.5. The number of benzene rings is 2. The van der Waals surface area contributed by atoms with Crippen LogP contribution in [0.2, 0.25) is 0 Å². The second-order valence-corrected chi connectivity index (χ2v) is 7.12. The van der Waals surface area contributed by atoms with Crippen molar-refractivity contribution in [3.63, 3.8) is 0 Å². The van der Waals surface area contributed by atoms with Gasteiger partial charge in [-0.2, -0.15) is 11.8 Å². The van der Waals surface area contributed by atoms with Gasteiger partial charge in [0.15, 0.2) is 5.96 Å². The van der Waals surface area contributed by atoms with E-state index < -0.39 is 0 Å². The SMILES string of the molecule is CN=C(NCCOc1cccc(NC(C)=O)c1)NCc1ccc(F)cc1CSC.I. The molecule has 164 valence electrons. The van der Waals surface area contributed by atoms with E-state index >= 15 is 0 Å². The molecule has 0 spiro atoms. The largest absolute Gasteiger partial charge is 0.492 e. The molecule has 0 saturated carbocycles. The van der Waals surface area contributed by atoms with Crippen LogP contribution < -0.4 is 20.7 Å². The van der Waals surface area contributed by atoms with Crippen molar-refractivity contribution in [3.05, 3.63) is 59.4 Å². The van der Waals surface area contributed by atoms with E-state index in [9.17, 15) is 9.18 Å². The fraction of sp³-hybridized carbons (Fsp3) is 0.333. The van der Waals surface area contributed by atoms with Gasteiger partial charge < -0.3 is 20.7 Å². The highest BCUT2D eigenvalue weighted by molar-refractivity contribution is 14.0. The van der Waals surface area contributed by atoms with Crippen LogP contribution in [0.5, 0.6) is 5.75 Å². The lowest BCUT2D eigenvalue weighted by atomic mass is 10.1. The third kappa shape index (κ3) is 9.21. The third-order valence-corrected chi connectivity index (χ3v) is 4.56. The number of halogens is 2. The van der Waals surface area contributed by atoms with Crippen LogP contribution in [0.25, 0.3) is 0 Å². The zero-order valence-electron chi connectivity index (χ0n) is 17.3. The molecule has 0 aliphatic heterocycles. The maximum absolute atomic E-state index is 13.5. The molecule has 9 heteroatoms. The molecule has 0 aliphatic rings. The molecular weight excluding hydrogens is 518 g/mol. The molecule has 2 aromatic rings. The van der Waals surface area contributed by atoms with Crippen LogP contribution in [0.3, 0.4) is 0 Å². The van der Waals surface area contributed by atoms with E-state index in [-0.39, 0.29) is 35.7 Å².